The zero-order valence-electron chi connectivity index (χ0n) is 10.7. The Hall–Kier alpha value is -0.970. The van der Waals surface area contributed by atoms with Crippen LogP contribution in [0.25, 0.3) is 0 Å². The Bertz CT molecular complexity index is 466. The van der Waals surface area contributed by atoms with E-state index in [9.17, 15) is 5.11 Å². The molecule has 0 saturated heterocycles. The van der Waals surface area contributed by atoms with Gasteiger partial charge in [0.05, 0.1) is 11.1 Å². The fourth-order valence-electron chi connectivity index (χ4n) is 2.78. The molecule has 2 unspecified atom stereocenters. The second-order valence-electron chi connectivity index (χ2n) is 5.28. The van der Waals surface area contributed by atoms with Crippen LogP contribution in [-0.2, 0) is 6.54 Å². The smallest absolute Gasteiger partial charge is 0.231 e. The van der Waals surface area contributed by atoms with Gasteiger partial charge in [0, 0.05) is 6.54 Å². The number of nitrogens with one attached hydrogen (secondary N) is 1. The van der Waals surface area contributed by atoms with E-state index in [2.05, 4.69) is 5.32 Å². The summed E-state index contributed by atoms with van der Waals surface area (Å²) in [7, 11) is 0. The molecule has 0 aromatic heterocycles. The number of aliphatic hydroxyl groups excluding tert-OH is 1. The molecular formula is C14H18ClNO3. The third-order valence-corrected chi connectivity index (χ3v) is 4.04. The van der Waals surface area contributed by atoms with E-state index in [0.717, 1.165) is 43.7 Å². The number of halogens is 1. The van der Waals surface area contributed by atoms with Crippen molar-refractivity contribution >= 4 is 11.6 Å². The number of hydrogen-bond donors (Lipinski definition) is 2. The second kappa shape index (κ2) is 5.57. The Balaban J connectivity index is 1.54. The first kappa shape index (κ1) is 13.0. The van der Waals surface area contributed by atoms with Crippen LogP contribution in [-0.4, -0.2) is 24.5 Å². The van der Waals surface area contributed by atoms with Crippen LogP contribution in [0.15, 0.2) is 12.1 Å². The van der Waals surface area contributed by atoms with Crippen LogP contribution in [0.5, 0.6) is 11.5 Å². The quantitative estimate of drug-likeness (QED) is 0.890. The van der Waals surface area contributed by atoms with Gasteiger partial charge in [-0.2, -0.15) is 0 Å². The minimum atomic E-state index is -0.105. The molecule has 5 heteroatoms. The third kappa shape index (κ3) is 2.96. The molecule has 2 aliphatic rings. The molecule has 1 aromatic rings. The Kier molecular flexibility index (Phi) is 3.82. The standard InChI is InChI=1S/C14H18ClNO3/c15-12-4-10(5-13-14(12)19-8-18-13)7-16-6-9-1-2-11(17)3-9/h4-5,9,11,16-17H,1-3,6-8H2. The number of hydrogen-bond acceptors (Lipinski definition) is 4. The van der Waals surface area contributed by atoms with Crippen molar-refractivity contribution in [3.8, 4) is 11.5 Å². The molecule has 19 heavy (non-hydrogen) atoms. The van der Waals surface area contributed by atoms with E-state index in [1.54, 1.807) is 0 Å². The first-order valence-electron chi connectivity index (χ1n) is 6.69. The monoisotopic (exact) mass is 283 g/mol. The highest BCUT2D eigenvalue weighted by Gasteiger charge is 2.22. The summed E-state index contributed by atoms with van der Waals surface area (Å²) < 4.78 is 10.6. The van der Waals surface area contributed by atoms with Crippen LogP contribution in [0.2, 0.25) is 5.02 Å². The fourth-order valence-corrected chi connectivity index (χ4v) is 3.07. The van der Waals surface area contributed by atoms with Crippen molar-refractivity contribution in [2.75, 3.05) is 13.3 Å². The average molecular weight is 284 g/mol. The minimum Gasteiger partial charge on any atom is -0.454 e. The molecule has 0 amide bonds. The van der Waals surface area contributed by atoms with Crippen LogP contribution >= 0.6 is 11.6 Å². The molecule has 104 valence electrons. The van der Waals surface area contributed by atoms with Crippen LogP contribution in [0.1, 0.15) is 24.8 Å². The lowest BCUT2D eigenvalue weighted by molar-refractivity contribution is 0.174. The van der Waals surface area contributed by atoms with Gasteiger partial charge in [0.15, 0.2) is 11.5 Å². The molecule has 2 N–H and O–H groups in total. The van der Waals surface area contributed by atoms with Crippen LogP contribution in [0.3, 0.4) is 0 Å². The molecule has 1 saturated carbocycles. The maximum absolute atomic E-state index is 9.48. The fraction of sp³-hybridized carbons (Fsp3) is 0.571. The first-order valence-corrected chi connectivity index (χ1v) is 7.07. The molecule has 1 aromatic carbocycles. The maximum atomic E-state index is 9.48. The molecule has 1 heterocycles. The molecule has 4 nitrogen and oxygen atoms in total. The molecule has 0 spiro atoms. The second-order valence-corrected chi connectivity index (χ2v) is 5.68. The van der Waals surface area contributed by atoms with Crippen LogP contribution in [0, 0.1) is 5.92 Å². The number of benzene rings is 1. The van der Waals surface area contributed by atoms with E-state index < -0.39 is 0 Å². The molecule has 3 rings (SSSR count). The summed E-state index contributed by atoms with van der Waals surface area (Å²) in [6.07, 6.45) is 2.85. The van der Waals surface area contributed by atoms with Gasteiger partial charge in [0.1, 0.15) is 0 Å². The van der Waals surface area contributed by atoms with E-state index in [1.165, 1.54) is 0 Å². The van der Waals surface area contributed by atoms with Crippen LogP contribution in [0.4, 0.5) is 0 Å². The topological polar surface area (TPSA) is 50.7 Å². The highest BCUT2D eigenvalue weighted by atomic mass is 35.5. The van der Waals surface area contributed by atoms with Crippen molar-refractivity contribution in [1.29, 1.82) is 0 Å². The zero-order chi connectivity index (χ0) is 13.2. The van der Waals surface area contributed by atoms with Gasteiger partial charge in [-0.25, -0.2) is 0 Å². The third-order valence-electron chi connectivity index (χ3n) is 3.76. The average Bonchev–Trinajstić information content (AvgIpc) is 2.98. The van der Waals surface area contributed by atoms with Gasteiger partial charge in [0.25, 0.3) is 0 Å². The van der Waals surface area contributed by atoms with E-state index in [4.69, 9.17) is 21.1 Å². The van der Waals surface area contributed by atoms with Crippen molar-refractivity contribution in [1.82, 2.24) is 5.32 Å². The summed E-state index contributed by atoms with van der Waals surface area (Å²) in [6, 6.07) is 3.87. The van der Waals surface area contributed by atoms with Gasteiger partial charge in [-0.1, -0.05) is 11.6 Å². The zero-order valence-corrected chi connectivity index (χ0v) is 11.4. The highest BCUT2D eigenvalue weighted by Crippen LogP contribution is 2.39. The predicted octanol–water partition coefficient (Wildman–Crippen LogP) is 2.32. The summed E-state index contributed by atoms with van der Waals surface area (Å²) >= 11 is 6.13. The van der Waals surface area contributed by atoms with E-state index >= 15 is 0 Å². The van der Waals surface area contributed by atoms with E-state index in [-0.39, 0.29) is 12.9 Å². The summed E-state index contributed by atoms with van der Waals surface area (Å²) in [4.78, 5) is 0. The molecule has 1 fully saturated rings. The van der Waals surface area contributed by atoms with Crippen molar-refractivity contribution in [3.05, 3.63) is 22.7 Å². The largest absolute Gasteiger partial charge is 0.454 e. The molecular weight excluding hydrogens is 266 g/mol. The number of rotatable bonds is 4. The molecule has 1 aliphatic heterocycles. The van der Waals surface area contributed by atoms with Gasteiger partial charge in [-0.05, 0) is 49.4 Å². The van der Waals surface area contributed by atoms with E-state index in [0.29, 0.717) is 16.7 Å². The van der Waals surface area contributed by atoms with Gasteiger partial charge >= 0.3 is 0 Å². The van der Waals surface area contributed by atoms with Crippen LogP contribution < -0.4 is 14.8 Å². The molecule has 0 bridgehead atoms. The molecule has 0 radical (unpaired) electrons. The highest BCUT2D eigenvalue weighted by molar-refractivity contribution is 6.32. The molecule has 1 aliphatic carbocycles. The van der Waals surface area contributed by atoms with Gasteiger partial charge in [-0.15, -0.1) is 0 Å². The Morgan fingerprint density at radius 2 is 2.21 bits per heavy atom. The lowest BCUT2D eigenvalue weighted by atomic mass is 10.1. The first-order chi connectivity index (χ1) is 9.22. The van der Waals surface area contributed by atoms with Crippen molar-refractivity contribution in [3.63, 3.8) is 0 Å². The predicted molar refractivity (Wildman–Crippen MR) is 72.6 cm³/mol. The summed E-state index contributed by atoms with van der Waals surface area (Å²) in [5, 5.41) is 13.5. The summed E-state index contributed by atoms with van der Waals surface area (Å²) in [6.45, 7) is 1.93. The normalized spacial score (nSPS) is 24.9. The number of aliphatic hydroxyl groups is 1. The Labute approximate surface area is 117 Å². The number of ether oxygens (including phenoxy) is 2. The summed E-state index contributed by atoms with van der Waals surface area (Å²) in [5.41, 5.74) is 1.09. The lowest BCUT2D eigenvalue weighted by Gasteiger charge is -2.11. The van der Waals surface area contributed by atoms with Crippen molar-refractivity contribution < 1.29 is 14.6 Å². The summed E-state index contributed by atoms with van der Waals surface area (Å²) in [5.74, 6) is 1.95. The van der Waals surface area contributed by atoms with E-state index in [1.807, 2.05) is 12.1 Å². The van der Waals surface area contributed by atoms with Gasteiger partial charge in [-0.3, -0.25) is 0 Å². The minimum absolute atomic E-state index is 0.105. The van der Waals surface area contributed by atoms with Crippen molar-refractivity contribution in [2.24, 2.45) is 5.92 Å². The maximum Gasteiger partial charge on any atom is 0.231 e. The lowest BCUT2D eigenvalue weighted by Crippen LogP contribution is -2.21. The molecule has 2 atom stereocenters. The number of fused-ring (bicyclic) bond motifs is 1. The Morgan fingerprint density at radius 3 is 3.00 bits per heavy atom. The SMILES string of the molecule is OC1CCC(CNCc2cc(Cl)c3c(c2)OCO3)C1. The van der Waals surface area contributed by atoms with Gasteiger partial charge < -0.3 is 19.9 Å². The van der Waals surface area contributed by atoms with Gasteiger partial charge in [0.2, 0.25) is 6.79 Å². The van der Waals surface area contributed by atoms with Crippen molar-refractivity contribution in [2.45, 2.75) is 31.9 Å². The Morgan fingerprint density at radius 1 is 1.32 bits per heavy atom.